The van der Waals surface area contributed by atoms with Crippen molar-refractivity contribution in [3.05, 3.63) is 29.7 Å². The molecule has 1 rings (SSSR count). The summed E-state index contributed by atoms with van der Waals surface area (Å²) < 4.78 is 0. The molecule has 64 valence electrons. The van der Waals surface area contributed by atoms with E-state index in [-0.39, 0.29) is 4.97 Å². The highest BCUT2D eigenvalue weighted by Crippen LogP contribution is 2.08. The molecule has 0 fully saturated rings. The molecule has 12 heavy (non-hydrogen) atoms. The zero-order valence-corrected chi connectivity index (χ0v) is 6.45. The second kappa shape index (κ2) is 3.51. The molecule has 0 saturated carbocycles. The standard InChI is InChI=1S/C6H8N4O2/c1-9(10(12)8-11)6-2-4-7-5-3-6/h2-5,11H,1H3/b10-8-. The van der Waals surface area contributed by atoms with E-state index in [1.165, 1.54) is 19.4 Å². The third kappa shape index (κ3) is 1.60. The number of anilines is 1. The van der Waals surface area contributed by atoms with Crippen LogP contribution >= 0.6 is 0 Å². The summed E-state index contributed by atoms with van der Waals surface area (Å²) in [5, 5.41) is 22.4. The van der Waals surface area contributed by atoms with Crippen molar-refractivity contribution in [1.29, 1.82) is 0 Å². The van der Waals surface area contributed by atoms with Crippen LogP contribution in [0.1, 0.15) is 0 Å². The smallest absolute Gasteiger partial charge is 0.231 e. The van der Waals surface area contributed by atoms with E-state index in [2.05, 4.69) is 10.3 Å². The molecular weight excluding hydrogens is 160 g/mol. The van der Waals surface area contributed by atoms with Gasteiger partial charge in [-0.15, -0.1) is 5.01 Å². The molecular formula is C6H8N4O2. The van der Waals surface area contributed by atoms with Gasteiger partial charge in [0.05, 0.1) is 12.0 Å². The summed E-state index contributed by atoms with van der Waals surface area (Å²) in [6.07, 6.45) is 3.08. The Kier molecular flexibility index (Phi) is 2.42. The third-order valence-electron chi connectivity index (χ3n) is 1.37. The predicted octanol–water partition coefficient (Wildman–Crippen LogP) is 0.784. The first kappa shape index (κ1) is 8.25. The van der Waals surface area contributed by atoms with Gasteiger partial charge >= 0.3 is 0 Å². The van der Waals surface area contributed by atoms with Gasteiger partial charge < -0.3 is 10.4 Å². The Morgan fingerprint density at radius 2 is 2.17 bits per heavy atom. The lowest BCUT2D eigenvalue weighted by Gasteiger charge is -2.10. The molecule has 1 N–H and O–H groups in total. The summed E-state index contributed by atoms with van der Waals surface area (Å²) >= 11 is 0. The van der Waals surface area contributed by atoms with Crippen molar-refractivity contribution in [3.8, 4) is 0 Å². The Labute approximate surface area is 68.9 Å². The van der Waals surface area contributed by atoms with E-state index in [1.54, 1.807) is 12.1 Å². The van der Waals surface area contributed by atoms with Crippen LogP contribution in [0.3, 0.4) is 0 Å². The highest BCUT2D eigenvalue weighted by molar-refractivity contribution is 5.40. The summed E-state index contributed by atoms with van der Waals surface area (Å²) in [6, 6.07) is 3.24. The zero-order chi connectivity index (χ0) is 8.97. The zero-order valence-electron chi connectivity index (χ0n) is 6.45. The quantitative estimate of drug-likeness (QED) is 0.402. The molecule has 0 aliphatic carbocycles. The van der Waals surface area contributed by atoms with Crippen molar-refractivity contribution >= 4 is 5.69 Å². The van der Waals surface area contributed by atoms with Gasteiger partial charge in [-0.25, -0.2) is 0 Å². The fraction of sp³-hybridized carbons (Fsp3) is 0.167. The fourth-order valence-electron chi connectivity index (χ4n) is 0.719. The van der Waals surface area contributed by atoms with Crippen LogP contribution in [0.4, 0.5) is 5.69 Å². The lowest BCUT2D eigenvalue weighted by Crippen LogP contribution is -2.25. The third-order valence-corrected chi connectivity index (χ3v) is 1.37. The maximum Gasteiger partial charge on any atom is 0.231 e. The maximum absolute atomic E-state index is 10.7. The van der Waals surface area contributed by atoms with E-state index in [0.29, 0.717) is 5.69 Å². The molecule has 6 nitrogen and oxygen atoms in total. The van der Waals surface area contributed by atoms with E-state index in [0.717, 1.165) is 5.01 Å². The van der Waals surface area contributed by atoms with Gasteiger partial charge in [-0.3, -0.25) is 4.98 Å². The Hall–Kier alpha value is -1.85. The SMILES string of the molecule is CN(c1ccncc1)/[N+]([O-])=N/O. The van der Waals surface area contributed by atoms with E-state index >= 15 is 0 Å². The summed E-state index contributed by atoms with van der Waals surface area (Å²) in [6.45, 7) is 0. The maximum atomic E-state index is 10.7. The van der Waals surface area contributed by atoms with Crippen LogP contribution in [0.2, 0.25) is 0 Å². The van der Waals surface area contributed by atoms with E-state index in [9.17, 15) is 5.21 Å². The van der Waals surface area contributed by atoms with Crippen LogP contribution < -0.4 is 5.01 Å². The number of hydrogen-bond acceptors (Lipinski definition) is 3. The van der Waals surface area contributed by atoms with Crippen LogP contribution in [0.25, 0.3) is 0 Å². The van der Waals surface area contributed by atoms with Crippen LogP contribution in [0, 0.1) is 5.21 Å². The normalized spacial score (nSPS) is 11.2. The molecule has 0 aliphatic heterocycles. The van der Waals surface area contributed by atoms with Crippen LogP contribution in [-0.4, -0.2) is 22.2 Å². The second-order valence-electron chi connectivity index (χ2n) is 2.07. The first-order chi connectivity index (χ1) is 5.75. The molecule has 0 bridgehead atoms. The van der Waals surface area contributed by atoms with Crippen molar-refractivity contribution in [1.82, 2.24) is 4.98 Å². The summed E-state index contributed by atoms with van der Waals surface area (Å²) in [5.41, 5.74) is 0.595. The highest BCUT2D eigenvalue weighted by atomic mass is 16.6. The summed E-state index contributed by atoms with van der Waals surface area (Å²) in [7, 11) is 1.47. The minimum atomic E-state index is 0.0648. The molecule has 0 aliphatic rings. The summed E-state index contributed by atoms with van der Waals surface area (Å²) in [5.74, 6) is 0. The molecule has 0 radical (unpaired) electrons. The van der Waals surface area contributed by atoms with Gasteiger partial charge in [0.25, 0.3) is 0 Å². The number of hydrogen-bond donors (Lipinski definition) is 1. The Bertz CT molecular complexity index is 274. The molecule has 0 amide bonds. The van der Waals surface area contributed by atoms with E-state index in [4.69, 9.17) is 5.21 Å². The van der Waals surface area contributed by atoms with Crippen molar-refractivity contribution in [2.24, 2.45) is 5.28 Å². The van der Waals surface area contributed by atoms with Gasteiger partial charge in [0.2, 0.25) is 5.28 Å². The van der Waals surface area contributed by atoms with Crippen LogP contribution in [0.5, 0.6) is 0 Å². The van der Waals surface area contributed by atoms with Gasteiger partial charge in [-0.1, -0.05) is 0 Å². The molecule has 1 aromatic heterocycles. The molecule has 0 saturated heterocycles. The average molecular weight is 168 g/mol. The molecule has 0 aromatic carbocycles. The lowest BCUT2D eigenvalue weighted by atomic mass is 10.4. The minimum absolute atomic E-state index is 0.0648. The molecule has 0 spiro atoms. The number of rotatable bonds is 2. The Balaban J connectivity index is 2.86. The van der Waals surface area contributed by atoms with Crippen LogP contribution in [-0.2, 0) is 0 Å². The number of hydrazine groups is 1. The molecule has 1 heterocycles. The van der Waals surface area contributed by atoms with Gasteiger partial charge in [0, 0.05) is 12.4 Å². The molecule has 1 aromatic rings. The molecule has 6 heteroatoms. The Morgan fingerprint density at radius 3 is 2.67 bits per heavy atom. The van der Waals surface area contributed by atoms with E-state index < -0.39 is 0 Å². The first-order valence-corrected chi connectivity index (χ1v) is 3.21. The van der Waals surface area contributed by atoms with Gasteiger partial charge in [0.1, 0.15) is 5.69 Å². The van der Waals surface area contributed by atoms with E-state index in [1.807, 2.05) is 0 Å². The van der Waals surface area contributed by atoms with Crippen molar-refractivity contribution < 1.29 is 10.2 Å². The second-order valence-corrected chi connectivity index (χ2v) is 2.07. The van der Waals surface area contributed by atoms with Gasteiger partial charge in [-0.2, -0.15) is 0 Å². The fourth-order valence-corrected chi connectivity index (χ4v) is 0.719. The minimum Gasteiger partial charge on any atom is -0.569 e. The lowest BCUT2D eigenvalue weighted by molar-refractivity contribution is -0.564. The Morgan fingerprint density at radius 1 is 1.58 bits per heavy atom. The summed E-state index contributed by atoms with van der Waals surface area (Å²) in [4.78, 5) is 3.84. The largest absolute Gasteiger partial charge is 0.569 e. The van der Waals surface area contributed by atoms with Crippen molar-refractivity contribution in [3.63, 3.8) is 0 Å². The van der Waals surface area contributed by atoms with Crippen LogP contribution in [0.15, 0.2) is 29.8 Å². The number of nitrogens with zero attached hydrogens (tertiary/aromatic N) is 4. The first-order valence-electron chi connectivity index (χ1n) is 3.21. The predicted molar refractivity (Wildman–Crippen MR) is 40.5 cm³/mol. The molecule has 0 unspecified atom stereocenters. The monoisotopic (exact) mass is 168 g/mol. The average Bonchev–Trinajstić information content (AvgIpc) is 2.17. The topological polar surface area (TPSA) is 74.8 Å². The van der Waals surface area contributed by atoms with Gasteiger partial charge in [0.15, 0.2) is 0 Å². The highest BCUT2D eigenvalue weighted by Gasteiger charge is 2.07. The molecule has 0 atom stereocenters. The van der Waals surface area contributed by atoms with Crippen molar-refractivity contribution in [2.45, 2.75) is 0 Å². The number of pyridine rings is 1. The number of aromatic nitrogens is 1. The van der Waals surface area contributed by atoms with Gasteiger partial charge in [-0.05, 0) is 12.1 Å². The van der Waals surface area contributed by atoms with Crippen molar-refractivity contribution in [2.75, 3.05) is 12.1 Å².